The number of nitrogens with zero attached hydrogens (tertiary/aromatic N) is 2. The van der Waals surface area contributed by atoms with Crippen LogP contribution in [0.3, 0.4) is 0 Å². The number of morpholine rings is 1. The summed E-state index contributed by atoms with van der Waals surface area (Å²) in [6.07, 6.45) is 3.13. The molecule has 0 saturated carbocycles. The van der Waals surface area contributed by atoms with E-state index in [0.717, 1.165) is 25.2 Å². The van der Waals surface area contributed by atoms with Gasteiger partial charge in [0.15, 0.2) is 0 Å². The average molecular weight is 434 g/mol. The second kappa shape index (κ2) is 9.63. The van der Waals surface area contributed by atoms with E-state index in [1.165, 1.54) is 36.0 Å². The van der Waals surface area contributed by atoms with Gasteiger partial charge in [-0.1, -0.05) is 0 Å². The molecular weight excluding hydrogens is 409 g/mol. The van der Waals surface area contributed by atoms with Crippen molar-refractivity contribution in [3.8, 4) is 0 Å². The molecule has 2 saturated heterocycles. The van der Waals surface area contributed by atoms with Crippen molar-refractivity contribution in [3.05, 3.63) is 59.8 Å². The molecule has 2 fully saturated rings. The second-order valence-electron chi connectivity index (χ2n) is 7.22. The Kier molecular flexibility index (Phi) is 6.71. The fourth-order valence-corrected chi connectivity index (χ4v) is 5.06. The number of carbonyl (C=O) groups is 2. The van der Waals surface area contributed by atoms with Gasteiger partial charge < -0.3 is 19.4 Å². The van der Waals surface area contributed by atoms with Crippen LogP contribution in [0.4, 0.5) is 4.39 Å². The van der Waals surface area contributed by atoms with E-state index in [0.29, 0.717) is 31.1 Å². The molecule has 4 rings (SSSR count). The molecule has 1 N–H and O–H groups in total. The first-order valence-corrected chi connectivity index (χ1v) is 11.0. The zero-order valence-electron chi connectivity index (χ0n) is 16.5. The third-order valence-electron chi connectivity index (χ3n) is 5.29. The van der Waals surface area contributed by atoms with Crippen molar-refractivity contribution < 1.29 is 23.1 Å². The molecule has 2 unspecified atom stereocenters. The first kappa shape index (κ1) is 20.9. The summed E-state index contributed by atoms with van der Waals surface area (Å²) >= 11 is 1.52. The topological polar surface area (TPSA) is 75.0 Å². The molecule has 9 heteroatoms. The van der Waals surface area contributed by atoms with Gasteiger partial charge in [0, 0.05) is 43.1 Å². The fraction of sp³-hybridized carbons (Fsp3) is 0.429. The highest BCUT2D eigenvalue weighted by Gasteiger charge is 2.42. The maximum absolute atomic E-state index is 13.3. The van der Waals surface area contributed by atoms with Crippen molar-refractivity contribution in [1.82, 2.24) is 15.1 Å². The number of carbonyl (C=O) groups excluding carboxylic acids is 2. The van der Waals surface area contributed by atoms with Gasteiger partial charge >= 0.3 is 0 Å². The summed E-state index contributed by atoms with van der Waals surface area (Å²) in [6.45, 7) is 4.37. The van der Waals surface area contributed by atoms with E-state index < -0.39 is 11.9 Å². The van der Waals surface area contributed by atoms with E-state index in [1.807, 2.05) is 0 Å². The number of hydrogen-bond acceptors (Lipinski definition) is 6. The number of furan rings is 1. The summed E-state index contributed by atoms with van der Waals surface area (Å²) in [5.74, 6) is -0.422. The van der Waals surface area contributed by atoms with E-state index >= 15 is 0 Å². The molecule has 2 aliphatic rings. The van der Waals surface area contributed by atoms with E-state index in [4.69, 9.17) is 9.15 Å². The highest BCUT2D eigenvalue weighted by Crippen LogP contribution is 2.42. The molecule has 2 atom stereocenters. The van der Waals surface area contributed by atoms with Crippen LogP contribution in [-0.2, 0) is 9.53 Å². The number of nitrogens with one attached hydrogen (secondary N) is 1. The minimum Gasteiger partial charge on any atom is -0.472 e. The van der Waals surface area contributed by atoms with Gasteiger partial charge in [-0.25, -0.2) is 4.39 Å². The first-order valence-electron chi connectivity index (χ1n) is 9.93. The molecule has 0 spiro atoms. The third-order valence-corrected chi connectivity index (χ3v) is 6.61. The molecule has 1 aromatic carbocycles. The Labute approximate surface area is 178 Å². The van der Waals surface area contributed by atoms with Crippen LogP contribution in [0.15, 0.2) is 47.3 Å². The minimum atomic E-state index is -0.614. The minimum absolute atomic E-state index is 0.183. The van der Waals surface area contributed by atoms with Gasteiger partial charge in [0.1, 0.15) is 17.2 Å². The van der Waals surface area contributed by atoms with Crippen LogP contribution in [0.2, 0.25) is 0 Å². The quantitative estimate of drug-likeness (QED) is 0.752. The van der Waals surface area contributed by atoms with Crippen LogP contribution in [0, 0.1) is 5.82 Å². The Hall–Kier alpha value is -2.36. The van der Waals surface area contributed by atoms with Crippen LogP contribution in [0.1, 0.15) is 21.3 Å². The molecule has 7 nitrogen and oxygen atoms in total. The largest absolute Gasteiger partial charge is 0.472 e. The van der Waals surface area contributed by atoms with Crippen molar-refractivity contribution in [2.24, 2.45) is 0 Å². The van der Waals surface area contributed by atoms with E-state index in [-0.39, 0.29) is 17.2 Å². The van der Waals surface area contributed by atoms with Crippen LogP contribution < -0.4 is 5.32 Å². The van der Waals surface area contributed by atoms with Gasteiger partial charge in [0.25, 0.3) is 5.91 Å². The number of rotatable bonds is 6. The average Bonchev–Trinajstić information content (AvgIpc) is 3.44. The number of hydrogen-bond donors (Lipinski definition) is 1. The number of benzene rings is 1. The summed E-state index contributed by atoms with van der Waals surface area (Å²) in [5, 5.41) is 2.63. The van der Waals surface area contributed by atoms with Crippen LogP contribution >= 0.6 is 11.8 Å². The molecule has 160 valence electrons. The lowest BCUT2D eigenvalue weighted by Gasteiger charge is -2.29. The molecule has 2 amide bonds. The number of thioether (sulfide) groups is 1. The zero-order valence-corrected chi connectivity index (χ0v) is 17.3. The van der Waals surface area contributed by atoms with Crippen LogP contribution in [0.25, 0.3) is 0 Å². The Morgan fingerprint density at radius 2 is 1.93 bits per heavy atom. The zero-order chi connectivity index (χ0) is 20.9. The summed E-state index contributed by atoms with van der Waals surface area (Å²) < 4.78 is 23.8. The number of ether oxygens (including phenoxy) is 1. The van der Waals surface area contributed by atoms with E-state index in [9.17, 15) is 14.0 Å². The lowest BCUT2D eigenvalue weighted by atomic mass is 10.1. The first-order chi connectivity index (χ1) is 14.6. The molecule has 2 aliphatic heterocycles. The van der Waals surface area contributed by atoms with Gasteiger partial charge in [-0.3, -0.25) is 14.5 Å². The molecule has 2 aromatic rings. The summed E-state index contributed by atoms with van der Waals surface area (Å²) in [4.78, 5) is 30.0. The van der Waals surface area contributed by atoms with Gasteiger partial charge in [-0.2, -0.15) is 0 Å². The Morgan fingerprint density at radius 3 is 2.63 bits per heavy atom. The van der Waals surface area contributed by atoms with Crippen molar-refractivity contribution in [3.63, 3.8) is 0 Å². The molecule has 1 aromatic heterocycles. The van der Waals surface area contributed by atoms with Crippen LogP contribution in [-0.4, -0.2) is 72.8 Å². The Bertz CT molecular complexity index is 856. The molecule has 3 heterocycles. The summed E-state index contributed by atoms with van der Waals surface area (Å²) in [5.41, 5.74) is 1.16. The van der Waals surface area contributed by atoms with Gasteiger partial charge in [0.05, 0.1) is 25.7 Å². The second-order valence-corrected chi connectivity index (χ2v) is 8.34. The molecule has 30 heavy (non-hydrogen) atoms. The predicted octanol–water partition coefficient (Wildman–Crippen LogP) is 2.12. The van der Waals surface area contributed by atoms with Crippen molar-refractivity contribution >= 4 is 23.6 Å². The van der Waals surface area contributed by atoms with E-state index in [2.05, 4.69) is 10.2 Å². The Balaban J connectivity index is 1.46. The van der Waals surface area contributed by atoms with E-state index in [1.54, 1.807) is 23.5 Å². The Morgan fingerprint density at radius 1 is 1.17 bits per heavy atom. The summed E-state index contributed by atoms with van der Waals surface area (Å²) in [7, 11) is 0. The van der Waals surface area contributed by atoms with Crippen molar-refractivity contribution in [2.75, 3.05) is 45.1 Å². The van der Waals surface area contributed by atoms with Crippen molar-refractivity contribution in [2.45, 2.75) is 11.4 Å². The van der Waals surface area contributed by atoms with Gasteiger partial charge in [-0.05, 0) is 30.3 Å². The van der Waals surface area contributed by atoms with Gasteiger partial charge in [-0.15, -0.1) is 11.8 Å². The SMILES string of the molecule is O=C(NCCN1CCOCC1)C1CSC(c2ccoc2)N1C(=O)c1ccc(F)cc1. The molecule has 0 bridgehead atoms. The highest BCUT2D eigenvalue weighted by molar-refractivity contribution is 7.99. The summed E-state index contributed by atoms with van der Waals surface area (Å²) in [6, 6.07) is 6.57. The predicted molar refractivity (Wildman–Crippen MR) is 111 cm³/mol. The molecular formula is C21H24FN3O4S. The fourth-order valence-electron chi connectivity index (χ4n) is 3.65. The highest BCUT2D eigenvalue weighted by atomic mass is 32.2. The molecule has 0 aliphatic carbocycles. The number of amides is 2. The third kappa shape index (κ3) is 4.69. The maximum atomic E-state index is 13.3. The molecule has 0 radical (unpaired) electrons. The smallest absolute Gasteiger partial charge is 0.255 e. The van der Waals surface area contributed by atoms with Crippen molar-refractivity contribution in [1.29, 1.82) is 0 Å². The van der Waals surface area contributed by atoms with Gasteiger partial charge in [0.2, 0.25) is 5.91 Å². The standard InChI is InChI=1S/C21H24FN3O4S/c22-17-3-1-15(2-4-17)20(27)25-18(14-30-21(25)16-5-10-29-13-16)19(26)23-6-7-24-8-11-28-12-9-24/h1-5,10,13,18,21H,6-9,11-12,14H2,(H,23,26). The lowest BCUT2D eigenvalue weighted by Crippen LogP contribution is -2.49. The lowest BCUT2D eigenvalue weighted by molar-refractivity contribution is -0.124. The monoisotopic (exact) mass is 433 g/mol. The normalized spacial score (nSPS) is 22.2. The number of halogens is 1. The van der Waals surface area contributed by atoms with Crippen LogP contribution in [0.5, 0.6) is 0 Å². The maximum Gasteiger partial charge on any atom is 0.255 e.